The number of aromatic nitrogens is 2. The van der Waals surface area contributed by atoms with Crippen LogP contribution in [0.5, 0.6) is 0 Å². The van der Waals surface area contributed by atoms with Gasteiger partial charge in [0.25, 0.3) is 0 Å². The van der Waals surface area contributed by atoms with Crippen molar-refractivity contribution in [3.8, 4) is 22.4 Å². The van der Waals surface area contributed by atoms with Crippen molar-refractivity contribution in [3.05, 3.63) is 72.7 Å². The van der Waals surface area contributed by atoms with Gasteiger partial charge in [-0.1, -0.05) is 24.3 Å². The molecule has 2 heterocycles. The molecule has 0 radical (unpaired) electrons. The van der Waals surface area contributed by atoms with Crippen LogP contribution in [0, 0.1) is 0 Å². The molecule has 0 aliphatic rings. The van der Waals surface area contributed by atoms with Gasteiger partial charge in [0.1, 0.15) is 0 Å². The van der Waals surface area contributed by atoms with Crippen LogP contribution in [0.1, 0.15) is 10.4 Å². The maximum absolute atomic E-state index is 11.5. The lowest BCUT2D eigenvalue weighted by Crippen LogP contribution is -2.02. The average molecular weight is 276 g/mol. The Morgan fingerprint density at radius 1 is 0.952 bits per heavy atom. The highest BCUT2D eigenvalue weighted by Crippen LogP contribution is 2.33. The first-order valence-corrected chi connectivity index (χ1v) is 6.45. The number of carboxylic acid groups (broad SMARTS) is 1. The van der Waals surface area contributed by atoms with Crippen LogP contribution in [0.3, 0.4) is 0 Å². The van der Waals surface area contributed by atoms with Crippen molar-refractivity contribution in [1.82, 2.24) is 9.97 Å². The van der Waals surface area contributed by atoms with Crippen LogP contribution in [0.4, 0.5) is 0 Å². The quantitative estimate of drug-likeness (QED) is 0.795. The number of rotatable bonds is 3. The second-order valence-corrected chi connectivity index (χ2v) is 4.49. The lowest BCUT2D eigenvalue weighted by atomic mass is 9.94. The van der Waals surface area contributed by atoms with E-state index in [4.69, 9.17) is 0 Å². The molecular formula is C17H12N2O2. The number of nitrogens with zero attached hydrogens (tertiary/aromatic N) is 2. The summed E-state index contributed by atoms with van der Waals surface area (Å²) in [6.07, 6.45) is 5.05. The Bertz CT molecular complexity index is 771. The SMILES string of the molecule is O=C(O)c1cccc(-c2cccnc2)c1-c1ccccn1. The normalized spacial score (nSPS) is 10.3. The van der Waals surface area contributed by atoms with E-state index >= 15 is 0 Å². The molecule has 0 amide bonds. The van der Waals surface area contributed by atoms with Crippen LogP contribution in [-0.4, -0.2) is 21.0 Å². The van der Waals surface area contributed by atoms with Crippen molar-refractivity contribution in [3.63, 3.8) is 0 Å². The third-order valence-electron chi connectivity index (χ3n) is 3.19. The molecule has 0 saturated carbocycles. The van der Waals surface area contributed by atoms with Crippen LogP contribution >= 0.6 is 0 Å². The molecule has 2 aromatic heterocycles. The van der Waals surface area contributed by atoms with Crippen LogP contribution in [-0.2, 0) is 0 Å². The molecule has 0 spiro atoms. The summed E-state index contributed by atoms with van der Waals surface area (Å²) in [4.78, 5) is 19.9. The van der Waals surface area contributed by atoms with Gasteiger partial charge in [-0.25, -0.2) is 4.79 Å². The standard InChI is InChI=1S/C17H12N2O2/c20-17(21)14-7-3-6-13(12-5-4-9-18-11-12)16(14)15-8-1-2-10-19-15/h1-11H,(H,20,21). The molecule has 3 rings (SSSR count). The van der Waals surface area contributed by atoms with Gasteiger partial charge in [-0.15, -0.1) is 0 Å². The molecule has 0 aliphatic heterocycles. The zero-order valence-corrected chi connectivity index (χ0v) is 11.1. The van der Waals surface area contributed by atoms with Crippen molar-refractivity contribution in [1.29, 1.82) is 0 Å². The second-order valence-electron chi connectivity index (χ2n) is 4.49. The van der Waals surface area contributed by atoms with E-state index in [0.29, 0.717) is 11.3 Å². The van der Waals surface area contributed by atoms with Gasteiger partial charge in [0.05, 0.1) is 11.3 Å². The molecule has 0 bridgehead atoms. The fourth-order valence-corrected chi connectivity index (χ4v) is 2.28. The summed E-state index contributed by atoms with van der Waals surface area (Å²) in [6, 6.07) is 14.4. The van der Waals surface area contributed by atoms with Crippen LogP contribution in [0.25, 0.3) is 22.4 Å². The monoisotopic (exact) mass is 276 g/mol. The second kappa shape index (κ2) is 5.54. The number of hydrogen-bond donors (Lipinski definition) is 1. The van der Waals surface area contributed by atoms with Gasteiger partial charge in [-0.3, -0.25) is 9.97 Å². The molecule has 21 heavy (non-hydrogen) atoms. The van der Waals surface area contributed by atoms with Crippen molar-refractivity contribution < 1.29 is 9.90 Å². The molecule has 1 N–H and O–H groups in total. The van der Waals surface area contributed by atoms with Crippen LogP contribution in [0.2, 0.25) is 0 Å². The van der Waals surface area contributed by atoms with Crippen molar-refractivity contribution in [2.24, 2.45) is 0 Å². The molecule has 0 unspecified atom stereocenters. The summed E-state index contributed by atoms with van der Waals surface area (Å²) >= 11 is 0. The molecule has 0 aliphatic carbocycles. The lowest BCUT2D eigenvalue weighted by Gasteiger charge is -2.12. The number of aromatic carboxylic acids is 1. The summed E-state index contributed by atoms with van der Waals surface area (Å²) in [5, 5.41) is 9.45. The van der Waals surface area contributed by atoms with Gasteiger partial charge in [0.15, 0.2) is 0 Å². The van der Waals surface area contributed by atoms with Gasteiger partial charge in [-0.2, -0.15) is 0 Å². The Morgan fingerprint density at radius 2 is 1.86 bits per heavy atom. The molecule has 1 aromatic carbocycles. The van der Waals surface area contributed by atoms with Gasteiger partial charge in [0.2, 0.25) is 0 Å². The highest BCUT2D eigenvalue weighted by atomic mass is 16.4. The van der Waals surface area contributed by atoms with Crippen LogP contribution < -0.4 is 0 Å². The number of hydrogen-bond acceptors (Lipinski definition) is 3. The Kier molecular flexibility index (Phi) is 3.43. The number of pyridine rings is 2. The minimum atomic E-state index is -0.971. The number of benzene rings is 1. The molecule has 4 heteroatoms. The molecule has 4 nitrogen and oxygen atoms in total. The molecule has 3 aromatic rings. The molecule has 102 valence electrons. The third-order valence-corrected chi connectivity index (χ3v) is 3.19. The molecule has 0 saturated heterocycles. The summed E-state index contributed by atoms with van der Waals surface area (Å²) in [5.74, 6) is -0.971. The van der Waals surface area contributed by atoms with E-state index in [-0.39, 0.29) is 5.56 Å². The molecule has 0 atom stereocenters. The van der Waals surface area contributed by atoms with E-state index in [9.17, 15) is 9.90 Å². The summed E-state index contributed by atoms with van der Waals surface area (Å²) in [5.41, 5.74) is 3.14. The van der Waals surface area contributed by atoms with Gasteiger partial charge < -0.3 is 5.11 Å². The first-order valence-electron chi connectivity index (χ1n) is 6.45. The van der Waals surface area contributed by atoms with Gasteiger partial charge in [0, 0.05) is 29.7 Å². The highest BCUT2D eigenvalue weighted by molar-refractivity contribution is 6.00. The minimum absolute atomic E-state index is 0.232. The Hall–Kier alpha value is -3.01. The summed E-state index contributed by atoms with van der Waals surface area (Å²) in [7, 11) is 0. The maximum Gasteiger partial charge on any atom is 0.336 e. The Balaban J connectivity index is 2.31. The fourth-order valence-electron chi connectivity index (χ4n) is 2.28. The van der Waals surface area contributed by atoms with E-state index < -0.39 is 5.97 Å². The smallest absolute Gasteiger partial charge is 0.336 e. The van der Waals surface area contributed by atoms with Crippen LogP contribution in [0.15, 0.2) is 67.1 Å². The number of carboxylic acids is 1. The van der Waals surface area contributed by atoms with Gasteiger partial charge in [-0.05, 0) is 29.8 Å². The zero-order chi connectivity index (χ0) is 14.7. The van der Waals surface area contributed by atoms with Crippen molar-refractivity contribution >= 4 is 5.97 Å². The highest BCUT2D eigenvalue weighted by Gasteiger charge is 2.17. The summed E-state index contributed by atoms with van der Waals surface area (Å²) in [6.45, 7) is 0. The summed E-state index contributed by atoms with van der Waals surface area (Å²) < 4.78 is 0. The predicted molar refractivity (Wildman–Crippen MR) is 79.9 cm³/mol. The topological polar surface area (TPSA) is 63.1 Å². The largest absolute Gasteiger partial charge is 0.478 e. The van der Waals surface area contributed by atoms with E-state index in [2.05, 4.69) is 9.97 Å². The average Bonchev–Trinajstić information content (AvgIpc) is 2.55. The molecular weight excluding hydrogens is 264 g/mol. The van der Waals surface area contributed by atoms with E-state index in [0.717, 1.165) is 11.1 Å². The Morgan fingerprint density at radius 3 is 2.52 bits per heavy atom. The third kappa shape index (κ3) is 2.51. The predicted octanol–water partition coefficient (Wildman–Crippen LogP) is 3.51. The van der Waals surface area contributed by atoms with Crippen molar-refractivity contribution in [2.45, 2.75) is 0 Å². The number of carbonyl (C=O) groups is 1. The van der Waals surface area contributed by atoms with Gasteiger partial charge >= 0.3 is 5.97 Å². The maximum atomic E-state index is 11.5. The fraction of sp³-hybridized carbons (Fsp3) is 0. The van der Waals surface area contributed by atoms with E-state index in [1.54, 1.807) is 36.8 Å². The first-order chi connectivity index (χ1) is 10.3. The first kappa shape index (κ1) is 13.0. The minimum Gasteiger partial charge on any atom is -0.478 e. The van der Waals surface area contributed by atoms with E-state index in [1.807, 2.05) is 30.3 Å². The van der Waals surface area contributed by atoms with E-state index in [1.165, 1.54) is 0 Å². The lowest BCUT2D eigenvalue weighted by molar-refractivity contribution is 0.0697. The Labute approximate surface area is 121 Å². The molecule has 0 fully saturated rings. The van der Waals surface area contributed by atoms with Crippen molar-refractivity contribution in [2.75, 3.05) is 0 Å². The zero-order valence-electron chi connectivity index (χ0n) is 11.1.